The van der Waals surface area contributed by atoms with Crippen LogP contribution in [0.2, 0.25) is 0 Å². The molecule has 1 amide bonds. The van der Waals surface area contributed by atoms with Crippen molar-refractivity contribution in [1.29, 1.82) is 0 Å². The number of nitrogens with one attached hydrogen (secondary N) is 1. The number of anilines is 1. The first-order valence-corrected chi connectivity index (χ1v) is 7.38. The molecule has 0 aliphatic carbocycles. The Kier molecular flexibility index (Phi) is 5.33. The van der Waals surface area contributed by atoms with E-state index in [0.717, 1.165) is 12.2 Å². The molecule has 0 saturated carbocycles. The second-order valence-corrected chi connectivity index (χ2v) is 5.61. The predicted octanol–water partition coefficient (Wildman–Crippen LogP) is 2.20. The van der Waals surface area contributed by atoms with Gasteiger partial charge in [0.15, 0.2) is 0 Å². The SMILES string of the molecule is CC1CC(C(=O)O)CCN1CCC(=O)Nc1ccccc1. The Morgan fingerprint density at radius 3 is 2.67 bits per heavy atom. The Hall–Kier alpha value is -1.88. The topological polar surface area (TPSA) is 69.6 Å². The van der Waals surface area contributed by atoms with Gasteiger partial charge in [0.2, 0.25) is 5.91 Å². The van der Waals surface area contributed by atoms with E-state index in [1.165, 1.54) is 0 Å². The fourth-order valence-corrected chi connectivity index (χ4v) is 2.77. The van der Waals surface area contributed by atoms with Gasteiger partial charge in [-0.2, -0.15) is 0 Å². The maximum absolute atomic E-state index is 11.9. The average Bonchev–Trinajstić information content (AvgIpc) is 2.47. The summed E-state index contributed by atoms with van der Waals surface area (Å²) in [5.41, 5.74) is 0.806. The highest BCUT2D eigenvalue weighted by Gasteiger charge is 2.29. The monoisotopic (exact) mass is 290 g/mol. The first kappa shape index (κ1) is 15.5. The van der Waals surface area contributed by atoms with Gasteiger partial charge in [0.05, 0.1) is 5.92 Å². The first-order chi connectivity index (χ1) is 10.1. The molecule has 2 rings (SSSR count). The lowest BCUT2D eigenvalue weighted by atomic mass is 9.91. The van der Waals surface area contributed by atoms with Crippen molar-refractivity contribution in [3.05, 3.63) is 30.3 Å². The van der Waals surface area contributed by atoms with Crippen molar-refractivity contribution in [3.8, 4) is 0 Å². The number of hydrogen-bond donors (Lipinski definition) is 2. The van der Waals surface area contributed by atoms with Gasteiger partial charge in [0.1, 0.15) is 0 Å². The molecule has 1 aromatic carbocycles. The number of carbonyl (C=O) groups excluding carboxylic acids is 1. The van der Waals surface area contributed by atoms with E-state index in [4.69, 9.17) is 5.11 Å². The number of piperidine rings is 1. The second kappa shape index (κ2) is 7.22. The largest absolute Gasteiger partial charge is 0.481 e. The van der Waals surface area contributed by atoms with Crippen LogP contribution in [-0.4, -0.2) is 41.0 Å². The van der Waals surface area contributed by atoms with Gasteiger partial charge in [0, 0.05) is 24.7 Å². The summed E-state index contributed by atoms with van der Waals surface area (Å²) in [4.78, 5) is 25.1. The molecule has 1 aromatic rings. The predicted molar refractivity (Wildman–Crippen MR) is 81.1 cm³/mol. The fourth-order valence-electron chi connectivity index (χ4n) is 2.77. The number of para-hydroxylation sites is 1. The summed E-state index contributed by atoms with van der Waals surface area (Å²) in [5.74, 6) is -0.952. The molecule has 21 heavy (non-hydrogen) atoms. The molecule has 0 spiro atoms. The average molecular weight is 290 g/mol. The Morgan fingerprint density at radius 1 is 1.33 bits per heavy atom. The molecule has 1 aliphatic rings. The highest BCUT2D eigenvalue weighted by Crippen LogP contribution is 2.23. The number of amides is 1. The number of aliphatic carboxylic acids is 1. The van der Waals surface area contributed by atoms with Crippen molar-refractivity contribution in [3.63, 3.8) is 0 Å². The molecule has 5 nitrogen and oxygen atoms in total. The Bertz CT molecular complexity index is 490. The molecule has 2 atom stereocenters. The van der Waals surface area contributed by atoms with E-state index in [2.05, 4.69) is 10.2 Å². The van der Waals surface area contributed by atoms with Crippen molar-refractivity contribution in [1.82, 2.24) is 4.90 Å². The molecular weight excluding hydrogens is 268 g/mol. The Morgan fingerprint density at radius 2 is 2.05 bits per heavy atom. The number of nitrogens with zero attached hydrogens (tertiary/aromatic N) is 1. The second-order valence-electron chi connectivity index (χ2n) is 5.61. The molecule has 114 valence electrons. The molecule has 1 fully saturated rings. The van der Waals surface area contributed by atoms with Crippen LogP contribution in [0.4, 0.5) is 5.69 Å². The molecule has 2 unspecified atom stereocenters. The number of hydrogen-bond acceptors (Lipinski definition) is 3. The minimum atomic E-state index is -0.705. The maximum Gasteiger partial charge on any atom is 0.306 e. The quantitative estimate of drug-likeness (QED) is 0.872. The zero-order valence-corrected chi connectivity index (χ0v) is 12.3. The first-order valence-electron chi connectivity index (χ1n) is 7.38. The summed E-state index contributed by atoms with van der Waals surface area (Å²) < 4.78 is 0. The van der Waals surface area contributed by atoms with E-state index in [1.807, 2.05) is 37.3 Å². The smallest absolute Gasteiger partial charge is 0.306 e. The molecule has 1 aliphatic heterocycles. The van der Waals surface area contributed by atoms with Crippen molar-refractivity contribution in [2.45, 2.75) is 32.2 Å². The van der Waals surface area contributed by atoms with Crippen LogP contribution in [0.15, 0.2) is 30.3 Å². The summed E-state index contributed by atoms with van der Waals surface area (Å²) in [5, 5.41) is 11.9. The summed E-state index contributed by atoms with van der Waals surface area (Å²) in [6.07, 6.45) is 1.76. The number of benzene rings is 1. The molecule has 5 heteroatoms. The van der Waals surface area contributed by atoms with Crippen molar-refractivity contribution in [2.75, 3.05) is 18.4 Å². The molecular formula is C16H22N2O3. The normalized spacial score (nSPS) is 22.7. The van der Waals surface area contributed by atoms with E-state index >= 15 is 0 Å². The lowest BCUT2D eigenvalue weighted by molar-refractivity contribution is -0.144. The van der Waals surface area contributed by atoms with Gasteiger partial charge < -0.3 is 15.3 Å². The van der Waals surface area contributed by atoms with Crippen molar-refractivity contribution >= 4 is 17.6 Å². The standard InChI is InChI=1S/C16H22N2O3/c1-12-11-13(16(20)21)7-9-18(12)10-8-15(19)17-14-5-3-2-4-6-14/h2-6,12-13H,7-11H2,1H3,(H,17,19)(H,20,21). The molecule has 1 heterocycles. The zero-order valence-electron chi connectivity index (χ0n) is 12.3. The summed E-state index contributed by atoms with van der Waals surface area (Å²) >= 11 is 0. The lowest BCUT2D eigenvalue weighted by Gasteiger charge is -2.36. The molecule has 0 radical (unpaired) electrons. The highest BCUT2D eigenvalue weighted by atomic mass is 16.4. The van der Waals surface area contributed by atoms with Crippen LogP contribution in [0.1, 0.15) is 26.2 Å². The minimum Gasteiger partial charge on any atom is -0.481 e. The number of carbonyl (C=O) groups is 2. The molecule has 0 bridgehead atoms. The van der Waals surface area contributed by atoms with Gasteiger partial charge in [-0.1, -0.05) is 18.2 Å². The molecule has 1 saturated heterocycles. The van der Waals surface area contributed by atoms with Crippen LogP contribution in [0, 0.1) is 5.92 Å². The van der Waals surface area contributed by atoms with Gasteiger partial charge in [-0.3, -0.25) is 9.59 Å². The maximum atomic E-state index is 11.9. The number of rotatable bonds is 5. The fraction of sp³-hybridized carbons (Fsp3) is 0.500. The summed E-state index contributed by atoms with van der Waals surface area (Å²) in [6, 6.07) is 9.61. The third-order valence-corrected chi connectivity index (χ3v) is 4.05. The van der Waals surface area contributed by atoms with Gasteiger partial charge in [-0.05, 0) is 38.4 Å². The van der Waals surface area contributed by atoms with Gasteiger partial charge in [0.25, 0.3) is 0 Å². The van der Waals surface area contributed by atoms with Crippen molar-refractivity contribution in [2.24, 2.45) is 5.92 Å². The number of carboxylic acids is 1. The zero-order chi connectivity index (χ0) is 15.2. The Labute approximate surface area is 125 Å². The van der Waals surface area contributed by atoms with Gasteiger partial charge in [-0.25, -0.2) is 0 Å². The van der Waals surface area contributed by atoms with E-state index in [1.54, 1.807) is 0 Å². The summed E-state index contributed by atoms with van der Waals surface area (Å²) in [6.45, 7) is 3.45. The van der Waals surface area contributed by atoms with E-state index < -0.39 is 5.97 Å². The number of carboxylic acid groups (broad SMARTS) is 1. The van der Waals surface area contributed by atoms with Crippen LogP contribution < -0.4 is 5.32 Å². The van der Waals surface area contributed by atoms with Crippen LogP contribution in [0.3, 0.4) is 0 Å². The summed E-state index contributed by atoms with van der Waals surface area (Å²) in [7, 11) is 0. The van der Waals surface area contributed by atoms with Gasteiger partial charge >= 0.3 is 5.97 Å². The van der Waals surface area contributed by atoms with E-state index in [-0.39, 0.29) is 17.9 Å². The highest BCUT2D eigenvalue weighted by molar-refractivity contribution is 5.90. The third-order valence-electron chi connectivity index (χ3n) is 4.05. The lowest BCUT2D eigenvalue weighted by Crippen LogP contribution is -2.43. The Balaban J connectivity index is 1.76. The number of likely N-dealkylation sites (tertiary alicyclic amines) is 1. The van der Waals surface area contributed by atoms with Crippen LogP contribution >= 0.6 is 0 Å². The molecule has 2 N–H and O–H groups in total. The van der Waals surface area contributed by atoms with Crippen LogP contribution in [0.5, 0.6) is 0 Å². The molecule has 0 aromatic heterocycles. The van der Waals surface area contributed by atoms with E-state index in [9.17, 15) is 9.59 Å². The van der Waals surface area contributed by atoms with Crippen LogP contribution in [-0.2, 0) is 9.59 Å². The van der Waals surface area contributed by atoms with Crippen molar-refractivity contribution < 1.29 is 14.7 Å². The van der Waals surface area contributed by atoms with Crippen LogP contribution in [0.25, 0.3) is 0 Å². The minimum absolute atomic E-state index is 0.00578. The third kappa shape index (κ3) is 4.56. The van der Waals surface area contributed by atoms with Gasteiger partial charge in [-0.15, -0.1) is 0 Å². The van der Waals surface area contributed by atoms with E-state index in [0.29, 0.717) is 25.8 Å².